The van der Waals surface area contributed by atoms with E-state index in [2.05, 4.69) is 20.6 Å². The molecule has 0 aliphatic rings. The van der Waals surface area contributed by atoms with Crippen molar-refractivity contribution in [2.24, 2.45) is 0 Å². The summed E-state index contributed by atoms with van der Waals surface area (Å²) in [5.74, 6) is 0.0839. The van der Waals surface area contributed by atoms with Gasteiger partial charge in [0.05, 0.1) is 5.75 Å². The number of rotatable bonds is 4. The Morgan fingerprint density at radius 1 is 1.35 bits per heavy atom. The van der Waals surface area contributed by atoms with Crippen LogP contribution in [-0.4, -0.2) is 31.5 Å². The number of aromatic nitrogens is 4. The number of nitrogens with one attached hydrogen (secondary N) is 1. The van der Waals surface area contributed by atoms with Crippen LogP contribution in [0.15, 0.2) is 33.5 Å². The highest BCUT2D eigenvalue weighted by Gasteiger charge is 2.11. The first-order valence-corrected chi connectivity index (χ1v) is 8.55. The zero-order valence-electron chi connectivity index (χ0n) is 12.4. The molecule has 118 valence electrons. The maximum atomic E-state index is 12.1. The molecule has 9 heteroatoms. The summed E-state index contributed by atoms with van der Waals surface area (Å²) in [6.45, 7) is 3.91. The number of hydrogen-bond acceptors (Lipinski definition) is 7. The lowest BCUT2D eigenvalue weighted by Gasteiger charge is -2.10. The molecule has 1 N–H and O–H groups in total. The van der Waals surface area contributed by atoms with E-state index >= 15 is 0 Å². The third kappa shape index (κ3) is 3.40. The van der Waals surface area contributed by atoms with Crippen LogP contribution in [0.1, 0.15) is 11.1 Å². The highest BCUT2D eigenvalue weighted by molar-refractivity contribution is 8.01. The minimum absolute atomic E-state index is 0.120. The molecule has 0 spiro atoms. The van der Waals surface area contributed by atoms with Gasteiger partial charge < -0.3 is 5.32 Å². The van der Waals surface area contributed by atoms with Gasteiger partial charge in [0.25, 0.3) is 5.56 Å². The van der Waals surface area contributed by atoms with Gasteiger partial charge in [0, 0.05) is 5.69 Å². The van der Waals surface area contributed by atoms with E-state index in [0.29, 0.717) is 9.30 Å². The summed E-state index contributed by atoms with van der Waals surface area (Å²) in [6, 6.07) is 5.86. The molecule has 7 nitrogen and oxygen atoms in total. The molecule has 23 heavy (non-hydrogen) atoms. The van der Waals surface area contributed by atoms with Crippen molar-refractivity contribution in [1.82, 2.24) is 19.8 Å². The van der Waals surface area contributed by atoms with Gasteiger partial charge in [0.2, 0.25) is 10.9 Å². The lowest BCUT2D eigenvalue weighted by Crippen LogP contribution is -2.16. The van der Waals surface area contributed by atoms with Crippen LogP contribution in [0.2, 0.25) is 0 Å². The minimum Gasteiger partial charge on any atom is -0.325 e. The van der Waals surface area contributed by atoms with E-state index in [-0.39, 0.29) is 17.2 Å². The van der Waals surface area contributed by atoms with Gasteiger partial charge in [-0.15, -0.1) is 10.2 Å². The lowest BCUT2D eigenvalue weighted by atomic mass is 10.1. The minimum atomic E-state index is -0.335. The third-order valence-electron chi connectivity index (χ3n) is 3.13. The van der Waals surface area contributed by atoms with Crippen LogP contribution in [0.25, 0.3) is 4.96 Å². The van der Waals surface area contributed by atoms with Crippen molar-refractivity contribution < 1.29 is 4.79 Å². The van der Waals surface area contributed by atoms with Gasteiger partial charge in [-0.05, 0) is 25.0 Å². The van der Waals surface area contributed by atoms with Gasteiger partial charge in [-0.1, -0.05) is 41.3 Å². The summed E-state index contributed by atoms with van der Waals surface area (Å²) in [7, 11) is 0. The van der Waals surface area contributed by atoms with E-state index in [0.717, 1.165) is 23.0 Å². The number of aryl methyl sites for hydroxylation is 2. The molecule has 0 fully saturated rings. The highest BCUT2D eigenvalue weighted by atomic mass is 32.2. The fourth-order valence-corrected chi connectivity index (χ4v) is 3.71. The van der Waals surface area contributed by atoms with Gasteiger partial charge in [-0.2, -0.15) is 9.61 Å². The molecular weight excluding hydrogens is 334 g/mol. The van der Waals surface area contributed by atoms with Crippen LogP contribution >= 0.6 is 23.1 Å². The first kappa shape index (κ1) is 15.6. The van der Waals surface area contributed by atoms with Crippen molar-refractivity contribution in [1.29, 1.82) is 0 Å². The Bertz CT molecular complexity index is 914. The quantitative estimate of drug-likeness (QED) is 0.725. The molecule has 0 aliphatic carbocycles. The smallest absolute Gasteiger partial charge is 0.293 e. The number of amides is 1. The average molecular weight is 347 g/mol. The van der Waals surface area contributed by atoms with Gasteiger partial charge in [-0.3, -0.25) is 9.59 Å². The molecule has 2 aromatic heterocycles. The molecule has 2 heterocycles. The molecule has 0 radical (unpaired) electrons. The maximum absolute atomic E-state index is 12.1. The zero-order valence-corrected chi connectivity index (χ0v) is 14.1. The van der Waals surface area contributed by atoms with Crippen molar-refractivity contribution in [2.75, 3.05) is 11.1 Å². The second kappa shape index (κ2) is 6.47. The summed E-state index contributed by atoms with van der Waals surface area (Å²) in [6.07, 6.45) is 1.11. The molecule has 3 aromatic rings. The summed E-state index contributed by atoms with van der Waals surface area (Å²) in [4.78, 5) is 24.1. The molecule has 1 aromatic carbocycles. The van der Waals surface area contributed by atoms with E-state index in [4.69, 9.17) is 0 Å². The molecular formula is C14H13N5O2S2. The summed E-state index contributed by atoms with van der Waals surface area (Å²) in [5, 5.41) is 14.5. The monoisotopic (exact) mass is 347 g/mol. The molecule has 0 saturated heterocycles. The first-order valence-electron chi connectivity index (χ1n) is 6.75. The van der Waals surface area contributed by atoms with Crippen LogP contribution in [-0.2, 0) is 4.79 Å². The van der Waals surface area contributed by atoms with E-state index in [1.54, 1.807) is 0 Å². The van der Waals surface area contributed by atoms with Crippen LogP contribution in [0, 0.1) is 13.8 Å². The Kier molecular flexibility index (Phi) is 4.39. The lowest BCUT2D eigenvalue weighted by molar-refractivity contribution is -0.113. The molecule has 1 amide bonds. The summed E-state index contributed by atoms with van der Waals surface area (Å²) in [5.41, 5.74) is 2.54. The second-order valence-corrected chi connectivity index (χ2v) is 7.03. The standard InChI is InChI=1S/C14H13N5O2S2/c1-8-4-3-5-9(2)12(8)16-10(20)7-22-14-18-19-11(21)6-15-17-13(19)23-14/h3-6H,7H2,1-2H3,(H,16,20). The van der Waals surface area contributed by atoms with E-state index < -0.39 is 0 Å². The largest absolute Gasteiger partial charge is 0.325 e. The normalized spacial score (nSPS) is 10.9. The Morgan fingerprint density at radius 2 is 2.09 bits per heavy atom. The van der Waals surface area contributed by atoms with Crippen LogP contribution in [0.4, 0.5) is 5.69 Å². The van der Waals surface area contributed by atoms with Crippen molar-refractivity contribution in [3.8, 4) is 0 Å². The summed E-state index contributed by atoms with van der Waals surface area (Å²) >= 11 is 2.49. The van der Waals surface area contributed by atoms with Gasteiger partial charge in [-0.25, -0.2) is 0 Å². The first-order chi connectivity index (χ1) is 11.0. The van der Waals surface area contributed by atoms with Gasteiger partial charge in [0.15, 0.2) is 4.34 Å². The highest BCUT2D eigenvalue weighted by Crippen LogP contribution is 2.24. The predicted octanol–water partition coefficient (Wildman–Crippen LogP) is 1.89. The number of para-hydroxylation sites is 1. The van der Waals surface area contributed by atoms with Crippen molar-refractivity contribution in [3.63, 3.8) is 0 Å². The molecule has 0 bridgehead atoms. The third-order valence-corrected chi connectivity index (χ3v) is 5.17. The van der Waals surface area contributed by atoms with Crippen LogP contribution < -0.4 is 10.9 Å². The number of carbonyl (C=O) groups is 1. The SMILES string of the molecule is Cc1cccc(C)c1NC(=O)CSc1nn2c(=O)cnnc2s1. The maximum Gasteiger partial charge on any atom is 0.293 e. The Morgan fingerprint density at radius 3 is 2.78 bits per heavy atom. The fourth-order valence-electron chi connectivity index (χ4n) is 2.03. The second-order valence-electron chi connectivity index (χ2n) is 4.85. The van der Waals surface area contributed by atoms with Gasteiger partial charge in [0.1, 0.15) is 6.20 Å². The summed E-state index contributed by atoms with van der Waals surface area (Å²) < 4.78 is 1.78. The number of anilines is 1. The fraction of sp³-hybridized carbons (Fsp3) is 0.214. The number of fused-ring (bicyclic) bond motifs is 1. The molecule has 0 aliphatic heterocycles. The topological polar surface area (TPSA) is 89.3 Å². The molecule has 0 atom stereocenters. The van der Waals surface area contributed by atoms with Gasteiger partial charge >= 0.3 is 0 Å². The van der Waals surface area contributed by atoms with E-state index in [1.807, 2.05) is 32.0 Å². The van der Waals surface area contributed by atoms with Crippen molar-refractivity contribution in [3.05, 3.63) is 45.9 Å². The molecule has 0 saturated carbocycles. The number of hydrogen-bond donors (Lipinski definition) is 1. The number of nitrogens with zero attached hydrogens (tertiary/aromatic N) is 4. The Balaban J connectivity index is 1.69. The van der Waals surface area contributed by atoms with E-state index in [1.165, 1.54) is 27.6 Å². The van der Waals surface area contributed by atoms with Crippen LogP contribution in [0.3, 0.4) is 0 Å². The van der Waals surface area contributed by atoms with Crippen molar-refractivity contribution in [2.45, 2.75) is 18.2 Å². The molecule has 3 rings (SSSR count). The van der Waals surface area contributed by atoms with Crippen LogP contribution in [0.5, 0.6) is 0 Å². The average Bonchev–Trinajstić information content (AvgIpc) is 2.94. The van der Waals surface area contributed by atoms with Crippen molar-refractivity contribution >= 4 is 39.7 Å². The predicted molar refractivity (Wildman–Crippen MR) is 90.2 cm³/mol. The number of carbonyl (C=O) groups excluding carboxylic acids is 1. The molecule has 0 unspecified atom stereocenters. The number of thioether (sulfide) groups is 1. The van der Waals surface area contributed by atoms with E-state index in [9.17, 15) is 9.59 Å². The zero-order chi connectivity index (χ0) is 16.4. The Labute approximate surface area is 139 Å². The Hall–Kier alpha value is -2.26. The number of benzene rings is 1.